The van der Waals surface area contributed by atoms with E-state index >= 15 is 0 Å². The summed E-state index contributed by atoms with van der Waals surface area (Å²) >= 11 is 0. The summed E-state index contributed by atoms with van der Waals surface area (Å²) in [7, 11) is 0. The van der Waals surface area contributed by atoms with Gasteiger partial charge in [0.1, 0.15) is 0 Å². The molecule has 0 aromatic carbocycles. The van der Waals surface area contributed by atoms with E-state index in [9.17, 15) is 4.79 Å². The highest BCUT2D eigenvalue weighted by Gasteiger charge is 2.30. The van der Waals surface area contributed by atoms with Gasteiger partial charge in [-0.2, -0.15) is 0 Å². The van der Waals surface area contributed by atoms with Gasteiger partial charge >= 0.3 is 5.97 Å². The summed E-state index contributed by atoms with van der Waals surface area (Å²) in [5.41, 5.74) is 0.435. The van der Waals surface area contributed by atoms with Gasteiger partial charge in [-0.15, -0.1) is 0 Å². The van der Waals surface area contributed by atoms with Gasteiger partial charge in [0.2, 0.25) is 0 Å². The van der Waals surface area contributed by atoms with Crippen LogP contribution in [0.3, 0.4) is 0 Å². The smallest absolute Gasteiger partial charge is 0.307 e. The Morgan fingerprint density at radius 2 is 2.29 bits per heavy atom. The Bertz CT molecular complexity index is 213. The summed E-state index contributed by atoms with van der Waals surface area (Å²) < 4.78 is 0. The van der Waals surface area contributed by atoms with Crippen LogP contribution in [0, 0.1) is 11.3 Å². The minimum atomic E-state index is -0.713. The molecule has 1 saturated carbocycles. The summed E-state index contributed by atoms with van der Waals surface area (Å²) in [4.78, 5) is 10.6. The predicted molar refractivity (Wildman–Crippen MR) is 56.2 cm³/mol. The second-order valence-electron chi connectivity index (χ2n) is 5.25. The zero-order chi connectivity index (χ0) is 10.8. The lowest BCUT2D eigenvalue weighted by Gasteiger charge is -2.18. The fourth-order valence-corrected chi connectivity index (χ4v) is 2.04. The Kier molecular flexibility index (Phi) is 3.53. The molecule has 3 nitrogen and oxygen atoms in total. The molecule has 2 unspecified atom stereocenters. The van der Waals surface area contributed by atoms with Crippen LogP contribution in [0.15, 0.2) is 0 Å². The molecule has 3 heteroatoms. The van der Waals surface area contributed by atoms with E-state index in [-0.39, 0.29) is 5.92 Å². The van der Waals surface area contributed by atoms with Crippen LogP contribution in [0.4, 0.5) is 0 Å². The molecular weight excluding hydrogens is 178 g/mol. The Morgan fingerprint density at radius 1 is 1.64 bits per heavy atom. The van der Waals surface area contributed by atoms with E-state index in [1.807, 2.05) is 0 Å². The van der Waals surface area contributed by atoms with Gasteiger partial charge in [0, 0.05) is 12.6 Å². The summed E-state index contributed by atoms with van der Waals surface area (Å²) in [6.45, 7) is 6.89. The van der Waals surface area contributed by atoms with E-state index in [1.54, 1.807) is 6.92 Å². The van der Waals surface area contributed by atoms with Crippen molar-refractivity contribution in [2.75, 3.05) is 6.54 Å². The predicted octanol–water partition coefficient (Wildman–Crippen LogP) is 1.88. The topological polar surface area (TPSA) is 49.3 Å². The highest BCUT2D eigenvalue weighted by molar-refractivity contribution is 5.69. The molecule has 0 aromatic heterocycles. The SMILES string of the molecule is CC(CNC1CCC(C)(C)C1)C(=O)O. The first-order valence-electron chi connectivity index (χ1n) is 5.37. The van der Waals surface area contributed by atoms with E-state index in [0.717, 1.165) is 0 Å². The van der Waals surface area contributed by atoms with Gasteiger partial charge in [0.25, 0.3) is 0 Å². The molecule has 2 atom stereocenters. The van der Waals surface area contributed by atoms with Crippen molar-refractivity contribution in [2.24, 2.45) is 11.3 Å². The van der Waals surface area contributed by atoms with Crippen molar-refractivity contribution in [3.63, 3.8) is 0 Å². The Labute approximate surface area is 85.9 Å². The molecule has 0 bridgehead atoms. The summed E-state index contributed by atoms with van der Waals surface area (Å²) in [5, 5.41) is 12.1. The average Bonchev–Trinajstić information content (AvgIpc) is 2.41. The van der Waals surface area contributed by atoms with Crippen molar-refractivity contribution in [1.82, 2.24) is 5.32 Å². The van der Waals surface area contributed by atoms with Crippen LogP contribution < -0.4 is 5.32 Å². The van der Waals surface area contributed by atoms with Crippen molar-refractivity contribution in [3.8, 4) is 0 Å². The maximum atomic E-state index is 10.6. The van der Waals surface area contributed by atoms with E-state index in [1.165, 1.54) is 19.3 Å². The van der Waals surface area contributed by atoms with Gasteiger partial charge in [-0.05, 0) is 24.7 Å². The van der Waals surface area contributed by atoms with Gasteiger partial charge < -0.3 is 10.4 Å². The molecular formula is C11H21NO2. The van der Waals surface area contributed by atoms with Crippen LogP contribution in [-0.4, -0.2) is 23.7 Å². The Morgan fingerprint density at radius 3 is 2.71 bits per heavy atom. The molecule has 0 radical (unpaired) electrons. The molecule has 1 fully saturated rings. The number of carboxylic acids is 1. The molecule has 0 amide bonds. The van der Waals surface area contributed by atoms with Crippen molar-refractivity contribution in [1.29, 1.82) is 0 Å². The van der Waals surface area contributed by atoms with E-state index in [0.29, 0.717) is 18.0 Å². The molecule has 0 aromatic rings. The fraction of sp³-hybridized carbons (Fsp3) is 0.909. The number of hydrogen-bond donors (Lipinski definition) is 2. The molecule has 1 aliphatic carbocycles. The quantitative estimate of drug-likeness (QED) is 0.726. The zero-order valence-electron chi connectivity index (χ0n) is 9.34. The molecule has 0 spiro atoms. The number of rotatable bonds is 4. The van der Waals surface area contributed by atoms with E-state index in [4.69, 9.17) is 5.11 Å². The Hall–Kier alpha value is -0.570. The van der Waals surface area contributed by atoms with Crippen LogP contribution in [0.2, 0.25) is 0 Å². The molecule has 0 saturated heterocycles. The number of nitrogens with one attached hydrogen (secondary N) is 1. The van der Waals surface area contributed by atoms with Gasteiger partial charge in [0.15, 0.2) is 0 Å². The first-order valence-corrected chi connectivity index (χ1v) is 5.37. The van der Waals surface area contributed by atoms with Gasteiger partial charge in [-0.1, -0.05) is 20.8 Å². The van der Waals surface area contributed by atoms with Crippen molar-refractivity contribution in [3.05, 3.63) is 0 Å². The number of aliphatic carboxylic acids is 1. The van der Waals surface area contributed by atoms with E-state index < -0.39 is 5.97 Å². The average molecular weight is 199 g/mol. The lowest BCUT2D eigenvalue weighted by atomic mass is 9.92. The molecule has 0 heterocycles. The maximum Gasteiger partial charge on any atom is 0.307 e. The maximum absolute atomic E-state index is 10.6. The van der Waals surface area contributed by atoms with Crippen LogP contribution >= 0.6 is 0 Å². The first kappa shape index (κ1) is 11.5. The minimum Gasteiger partial charge on any atom is -0.481 e. The number of carbonyl (C=O) groups is 1. The van der Waals surface area contributed by atoms with Crippen LogP contribution in [-0.2, 0) is 4.79 Å². The molecule has 1 aliphatic rings. The lowest BCUT2D eigenvalue weighted by molar-refractivity contribution is -0.140. The van der Waals surface area contributed by atoms with Gasteiger partial charge in [-0.3, -0.25) is 4.79 Å². The molecule has 0 aliphatic heterocycles. The van der Waals surface area contributed by atoms with Crippen molar-refractivity contribution in [2.45, 2.75) is 46.1 Å². The second-order valence-corrected chi connectivity index (χ2v) is 5.25. The van der Waals surface area contributed by atoms with Gasteiger partial charge in [0.05, 0.1) is 5.92 Å². The first-order chi connectivity index (χ1) is 6.41. The third kappa shape index (κ3) is 3.29. The standard InChI is InChI=1S/C11H21NO2/c1-8(10(13)14)7-12-9-4-5-11(2,3)6-9/h8-9,12H,4-7H2,1-3H3,(H,13,14). The highest BCUT2D eigenvalue weighted by Crippen LogP contribution is 2.36. The monoisotopic (exact) mass is 199 g/mol. The number of carboxylic acid groups (broad SMARTS) is 1. The third-order valence-electron chi connectivity index (χ3n) is 3.10. The Balaban J connectivity index is 2.24. The lowest BCUT2D eigenvalue weighted by Crippen LogP contribution is -2.33. The van der Waals surface area contributed by atoms with Gasteiger partial charge in [-0.25, -0.2) is 0 Å². The number of hydrogen-bond acceptors (Lipinski definition) is 2. The van der Waals surface area contributed by atoms with E-state index in [2.05, 4.69) is 19.2 Å². The summed E-state index contributed by atoms with van der Waals surface area (Å²) in [6.07, 6.45) is 3.59. The second kappa shape index (κ2) is 4.30. The third-order valence-corrected chi connectivity index (χ3v) is 3.10. The fourth-order valence-electron chi connectivity index (χ4n) is 2.04. The van der Waals surface area contributed by atoms with Crippen molar-refractivity contribution < 1.29 is 9.90 Å². The normalized spacial score (nSPS) is 27.5. The van der Waals surface area contributed by atoms with Crippen LogP contribution in [0.1, 0.15) is 40.0 Å². The zero-order valence-corrected chi connectivity index (χ0v) is 9.34. The molecule has 14 heavy (non-hydrogen) atoms. The van der Waals surface area contributed by atoms with Crippen molar-refractivity contribution >= 4 is 5.97 Å². The van der Waals surface area contributed by atoms with Crippen LogP contribution in [0.25, 0.3) is 0 Å². The molecule has 2 N–H and O–H groups in total. The summed E-state index contributed by atoms with van der Waals surface area (Å²) in [6, 6.07) is 0.520. The highest BCUT2D eigenvalue weighted by atomic mass is 16.4. The summed E-state index contributed by atoms with van der Waals surface area (Å²) in [5.74, 6) is -0.992. The largest absolute Gasteiger partial charge is 0.481 e. The molecule has 1 rings (SSSR count). The van der Waals surface area contributed by atoms with Crippen LogP contribution in [0.5, 0.6) is 0 Å². The minimum absolute atomic E-state index is 0.279. The molecule has 82 valence electrons.